The van der Waals surface area contributed by atoms with E-state index in [-0.39, 0.29) is 17.3 Å². The van der Waals surface area contributed by atoms with E-state index in [1.807, 2.05) is 0 Å². The highest BCUT2D eigenvalue weighted by Gasteiger charge is 2.17. The van der Waals surface area contributed by atoms with Gasteiger partial charge in [-0.25, -0.2) is 0 Å². The van der Waals surface area contributed by atoms with Gasteiger partial charge in [0.2, 0.25) is 0 Å². The van der Waals surface area contributed by atoms with Crippen LogP contribution < -0.4 is 10.5 Å². The number of anilines is 1. The molecule has 0 aliphatic carbocycles. The van der Waals surface area contributed by atoms with E-state index in [1.165, 1.54) is 13.8 Å². The third-order valence-electron chi connectivity index (χ3n) is 2.69. The highest BCUT2D eigenvalue weighted by molar-refractivity contribution is 6.08. The zero-order chi connectivity index (χ0) is 13.7. The summed E-state index contributed by atoms with van der Waals surface area (Å²) < 4.78 is 5.54. The van der Waals surface area contributed by atoms with Crippen LogP contribution in [0.5, 0.6) is 5.75 Å². The highest BCUT2D eigenvalue weighted by atomic mass is 16.5. The topological polar surface area (TPSA) is 69.4 Å². The molecule has 0 aromatic heterocycles. The van der Waals surface area contributed by atoms with Crippen LogP contribution in [0.15, 0.2) is 12.1 Å². The Hall–Kier alpha value is -1.84. The third kappa shape index (κ3) is 3.09. The van der Waals surface area contributed by atoms with Gasteiger partial charge >= 0.3 is 0 Å². The van der Waals surface area contributed by atoms with Gasteiger partial charge in [-0.3, -0.25) is 9.59 Å². The molecule has 4 nitrogen and oxygen atoms in total. The minimum atomic E-state index is -0.193. The summed E-state index contributed by atoms with van der Waals surface area (Å²) in [6, 6.07) is 3.24. The Labute approximate surface area is 107 Å². The average molecular weight is 249 g/mol. The van der Waals surface area contributed by atoms with Crippen molar-refractivity contribution in [1.82, 2.24) is 0 Å². The van der Waals surface area contributed by atoms with E-state index in [0.717, 1.165) is 12.8 Å². The molecule has 0 heterocycles. The Morgan fingerprint density at radius 2 is 1.89 bits per heavy atom. The Kier molecular flexibility index (Phi) is 4.89. The molecule has 0 fully saturated rings. The Morgan fingerprint density at radius 1 is 1.22 bits per heavy atom. The molecular formula is C14H19NO3. The van der Waals surface area contributed by atoms with E-state index in [0.29, 0.717) is 23.5 Å². The molecule has 0 bridgehead atoms. The van der Waals surface area contributed by atoms with Crippen LogP contribution in [0, 0.1) is 0 Å². The molecule has 98 valence electrons. The van der Waals surface area contributed by atoms with E-state index in [2.05, 4.69) is 6.92 Å². The number of ketones is 2. The van der Waals surface area contributed by atoms with Crippen molar-refractivity contribution in [3.8, 4) is 5.75 Å². The number of carbonyl (C=O) groups excluding carboxylic acids is 2. The number of nitrogens with two attached hydrogens (primary N) is 1. The lowest BCUT2D eigenvalue weighted by atomic mass is 10.0. The van der Waals surface area contributed by atoms with Crippen LogP contribution in [0.4, 0.5) is 5.69 Å². The molecule has 4 heteroatoms. The van der Waals surface area contributed by atoms with Crippen molar-refractivity contribution in [3.05, 3.63) is 23.3 Å². The first-order chi connectivity index (χ1) is 8.49. The number of carbonyl (C=O) groups is 2. The summed E-state index contributed by atoms with van der Waals surface area (Å²) >= 11 is 0. The summed E-state index contributed by atoms with van der Waals surface area (Å²) in [4.78, 5) is 23.0. The van der Waals surface area contributed by atoms with Gasteiger partial charge in [-0.2, -0.15) is 0 Å². The summed E-state index contributed by atoms with van der Waals surface area (Å²) in [7, 11) is 0. The van der Waals surface area contributed by atoms with Gasteiger partial charge < -0.3 is 10.5 Å². The fourth-order valence-corrected chi connectivity index (χ4v) is 1.72. The van der Waals surface area contributed by atoms with Crippen LogP contribution >= 0.6 is 0 Å². The van der Waals surface area contributed by atoms with E-state index in [1.54, 1.807) is 12.1 Å². The van der Waals surface area contributed by atoms with Crippen LogP contribution in [0.25, 0.3) is 0 Å². The smallest absolute Gasteiger partial charge is 0.165 e. The molecule has 0 aliphatic rings. The first-order valence-electron chi connectivity index (χ1n) is 6.06. The second-order valence-corrected chi connectivity index (χ2v) is 4.21. The maximum Gasteiger partial charge on any atom is 0.165 e. The Bertz CT molecular complexity index is 466. The molecule has 2 N–H and O–H groups in total. The zero-order valence-electron chi connectivity index (χ0n) is 11.1. The lowest BCUT2D eigenvalue weighted by Gasteiger charge is -2.13. The van der Waals surface area contributed by atoms with Crippen LogP contribution in [0.3, 0.4) is 0 Å². The van der Waals surface area contributed by atoms with Gasteiger partial charge in [0.25, 0.3) is 0 Å². The summed E-state index contributed by atoms with van der Waals surface area (Å²) in [5.41, 5.74) is 6.75. The van der Waals surface area contributed by atoms with E-state index >= 15 is 0 Å². The number of nitrogen functional groups attached to an aromatic ring is 1. The lowest BCUT2D eigenvalue weighted by Crippen LogP contribution is -2.10. The SMILES string of the molecule is CCCCOc1ccc(C(C)=O)c(N)c1C(C)=O. The Balaban J connectivity index is 3.15. The van der Waals surface area contributed by atoms with Crippen molar-refractivity contribution in [1.29, 1.82) is 0 Å². The number of hydrogen-bond acceptors (Lipinski definition) is 4. The maximum absolute atomic E-state index is 11.6. The number of benzene rings is 1. The molecule has 1 aromatic carbocycles. The van der Waals surface area contributed by atoms with Crippen molar-refractivity contribution in [2.24, 2.45) is 0 Å². The second-order valence-electron chi connectivity index (χ2n) is 4.21. The van der Waals surface area contributed by atoms with Gasteiger partial charge in [0.1, 0.15) is 5.75 Å². The minimum Gasteiger partial charge on any atom is -0.493 e. The minimum absolute atomic E-state index is 0.157. The monoisotopic (exact) mass is 249 g/mol. The largest absolute Gasteiger partial charge is 0.493 e. The summed E-state index contributed by atoms with van der Waals surface area (Å²) in [5.74, 6) is 0.107. The van der Waals surface area contributed by atoms with Gasteiger partial charge in [-0.1, -0.05) is 13.3 Å². The van der Waals surface area contributed by atoms with Crippen molar-refractivity contribution in [3.63, 3.8) is 0 Å². The fraction of sp³-hybridized carbons (Fsp3) is 0.429. The second kappa shape index (κ2) is 6.19. The number of ether oxygens (including phenoxy) is 1. The van der Waals surface area contributed by atoms with E-state index in [4.69, 9.17) is 10.5 Å². The van der Waals surface area contributed by atoms with Crippen LogP contribution in [-0.4, -0.2) is 18.2 Å². The molecule has 0 unspecified atom stereocenters. The molecule has 1 aromatic rings. The molecule has 0 amide bonds. The molecule has 0 atom stereocenters. The van der Waals surface area contributed by atoms with Gasteiger partial charge in [0.15, 0.2) is 11.6 Å². The molecule has 0 spiro atoms. The van der Waals surface area contributed by atoms with Crippen LogP contribution in [0.2, 0.25) is 0 Å². The van der Waals surface area contributed by atoms with Crippen molar-refractivity contribution >= 4 is 17.3 Å². The molecular weight excluding hydrogens is 230 g/mol. The summed E-state index contributed by atoms with van der Waals surface area (Å²) in [5, 5.41) is 0. The number of Topliss-reactive ketones (excluding diaryl/α,β-unsaturated/α-hetero) is 2. The molecule has 18 heavy (non-hydrogen) atoms. The van der Waals surface area contributed by atoms with Crippen molar-refractivity contribution in [2.45, 2.75) is 33.6 Å². The number of hydrogen-bond donors (Lipinski definition) is 1. The average Bonchev–Trinajstić information content (AvgIpc) is 2.28. The third-order valence-corrected chi connectivity index (χ3v) is 2.69. The van der Waals surface area contributed by atoms with Crippen LogP contribution in [0.1, 0.15) is 54.3 Å². The number of unbranched alkanes of at least 4 members (excludes halogenated alkanes) is 1. The molecule has 0 saturated heterocycles. The van der Waals surface area contributed by atoms with Crippen molar-refractivity contribution < 1.29 is 14.3 Å². The standard InChI is InChI=1S/C14H19NO3/c1-4-5-8-18-12-7-6-11(9(2)16)14(15)13(12)10(3)17/h6-7H,4-5,8,15H2,1-3H3. The van der Waals surface area contributed by atoms with Crippen LogP contribution in [-0.2, 0) is 0 Å². The molecule has 0 saturated carbocycles. The quantitative estimate of drug-likeness (QED) is 0.478. The highest BCUT2D eigenvalue weighted by Crippen LogP contribution is 2.29. The first-order valence-corrected chi connectivity index (χ1v) is 6.06. The predicted octanol–water partition coefficient (Wildman–Crippen LogP) is 2.85. The fourth-order valence-electron chi connectivity index (χ4n) is 1.72. The van der Waals surface area contributed by atoms with Gasteiger partial charge in [0, 0.05) is 5.56 Å². The molecule has 0 radical (unpaired) electrons. The zero-order valence-corrected chi connectivity index (χ0v) is 11.1. The lowest BCUT2D eigenvalue weighted by molar-refractivity contribution is 0.101. The molecule has 0 aliphatic heterocycles. The maximum atomic E-state index is 11.6. The van der Waals surface area contributed by atoms with E-state index < -0.39 is 0 Å². The van der Waals surface area contributed by atoms with Gasteiger partial charge in [-0.15, -0.1) is 0 Å². The number of rotatable bonds is 6. The molecule has 1 rings (SSSR count). The van der Waals surface area contributed by atoms with Crippen molar-refractivity contribution in [2.75, 3.05) is 12.3 Å². The normalized spacial score (nSPS) is 10.2. The summed E-state index contributed by atoms with van der Waals surface area (Å²) in [6.45, 7) is 5.44. The first kappa shape index (κ1) is 14.2. The predicted molar refractivity (Wildman–Crippen MR) is 71.3 cm³/mol. The van der Waals surface area contributed by atoms with E-state index in [9.17, 15) is 9.59 Å². The Morgan fingerprint density at radius 3 is 2.39 bits per heavy atom. The van der Waals surface area contributed by atoms with Gasteiger partial charge in [0.05, 0.1) is 17.9 Å². The summed E-state index contributed by atoms with van der Waals surface area (Å²) in [6.07, 6.45) is 1.92. The van der Waals surface area contributed by atoms with Gasteiger partial charge in [-0.05, 0) is 32.4 Å².